The Labute approximate surface area is 95.4 Å². The minimum absolute atomic E-state index is 0.460. The second kappa shape index (κ2) is 3.75. The van der Waals surface area contributed by atoms with Gasteiger partial charge in [-0.25, -0.2) is 10.2 Å². The van der Waals surface area contributed by atoms with Crippen molar-refractivity contribution in [2.75, 3.05) is 7.11 Å². The second-order valence-corrected chi connectivity index (χ2v) is 5.27. The minimum atomic E-state index is -0.460. The van der Waals surface area contributed by atoms with Gasteiger partial charge in [-0.05, 0) is 43.4 Å². The van der Waals surface area contributed by atoms with Crippen molar-refractivity contribution < 1.29 is 9.53 Å². The normalized spacial score (nSPS) is 42.4. The van der Waals surface area contributed by atoms with Crippen molar-refractivity contribution in [1.82, 2.24) is 5.43 Å². The lowest BCUT2D eigenvalue weighted by Gasteiger charge is -2.25. The molecule has 3 aliphatic rings. The number of carbonyl (C=O) groups excluding carboxylic acids is 1. The minimum Gasteiger partial charge on any atom is -0.452 e. The van der Waals surface area contributed by atoms with Gasteiger partial charge in [-0.1, -0.05) is 6.42 Å². The number of hydrazone groups is 1. The van der Waals surface area contributed by atoms with Crippen molar-refractivity contribution >= 4 is 11.8 Å². The lowest BCUT2D eigenvalue weighted by atomic mass is 9.81. The largest absolute Gasteiger partial charge is 0.452 e. The quantitative estimate of drug-likeness (QED) is 0.691. The topological polar surface area (TPSA) is 50.7 Å². The van der Waals surface area contributed by atoms with Crippen LogP contribution < -0.4 is 5.43 Å². The second-order valence-electron chi connectivity index (χ2n) is 5.27. The molecule has 3 fully saturated rings. The highest BCUT2D eigenvalue weighted by Gasteiger charge is 2.52. The van der Waals surface area contributed by atoms with Gasteiger partial charge in [0.1, 0.15) is 0 Å². The molecule has 0 unspecified atom stereocenters. The third-order valence-electron chi connectivity index (χ3n) is 4.68. The van der Waals surface area contributed by atoms with Crippen LogP contribution in [0.15, 0.2) is 5.10 Å². The molecule has 4 atom stereocenters. The monoisotopic (exact) mass is 222 g/mol. The van der Waals surface area contributed by atoms with Crippen LogP contribution in [-0.4, -0.2) is 18.9 Å². The molecule has 3 rings (SSSR count). The summed E-state index contributed by atoms with van der Waals surface area (Å²) < 4.78 is 4.52. The van der Waals surface area contributed by atoms with Gasteiger partial charge < -0.3 is 4.74 Å². The van der Waals surface area contributed by atoms with E-state index in [1.807, 2.05) is 0 Å². The summed E-state index contributed by atoms with van der Waals surface area (Å²) in [5.41, 5.74) is 3.67. The van der Waals surface area contributed by atoms with Gasteiger partial charge in [0.15, 0.2) is 0 Å². The Balaban J connectivity index is 1.69. The van der Waals surface area contributed by atoms with Crippen molar-refractivity contribution in [1.29, 1.82) is 0 Å². The summed E-state index contributed by atoms with van der Waals surface area (Å²) in [4.78, 5) is 11.0. The van der Waals surface area contributed by atoms with E-state index in [2.05, 4.69) is 15.3 Å². The van der Waals surface area contributed by atoms with Crippen molar-refractivity contribution in [2.45, 2.75) is 32.1 Å². The maximum absolute atomic E-state index is 11.0. The van der Waals surface area contributed by atoms with Gasteiger partial charge in [0.05, 0.1) is 7.11 Å². The first-order valence-electron chi connectivity index (χ1n) is 6.20. The van der Waals surface area contributed by atoms with E-state index in [-0.39, 0.29) is 0 Å². The average Bonchev–Trinajstić information content (AvgIpc) is 2.96. The maximum Gasteiger partial charge on any atom is 0.427 e. The standard InChI is InChI=1S/C12H18N2O2/c1-16-12(15)14-13-11-6-7-5-10(11)9-4-2-3-8(7)9/h7-10H,2-6H2,1H3,(H,14,15)/b13-11+/t7-,8-,9-,10+/m1/s1. The van der Waals surface area contributed by atoms with Gasteiger partial charge in [0.2, 0.25) is 0 Å². The summed E-state index contributed by atoms with van der Waals surface area (Å²) in [5.74, 6) is 3.31. The van der Waals surface area contributed by atoms with E-state index in [4.69, 9.17) is 0 Å². The van der Waals surface area contributed by atoms with Gasteiger partial charge >= 0.3 is 6.09 Å². The Kier molecular flexibility index (Phi) is 2.37. The SMILES string of the molecule is COC(=O)N/N=C1\C[C@H]2C[C@H]1[C@@H]1CCC[C@H]21. The highest BCUT2D eigenvalue weighted by atomic mass is 16.5. The first kappa shape index (κ1) is 10.1. The Morgan fingerprint density at radius 2 is 2.25 bits per heavy atom. The summed E-state index contributed by atoms with van der Waals surface area (Å²) >= 11 is 0. The van der Waals surface area contributed by atoms with E-state index in [0.717, 1.165) is 24.2 Å². The highest BCUT2D eigenvalue weighted by Crippen LogP contribution is 2.57. The summed E-state index contributed by atoms with van der Waals surface area (Å²) in [6.45, 7) is 0. The summed E-state index contributed by atoms with van der Waals surface area (Å²) in [6.07, 6.45) is 6.11. The van der Waals surface area contributed by atoms with Crippen LogP contribution in [-0.2, 0) is 4.74 Å². The lowest BCUT2D eigenvalue weighted by Crippen LogP contribution is -2.27. The fraction of sp³-hybridized carbons (Fsp3) is 0.833. The van der Waals surface area contributed by atoms with Crippen molar-refractivity contribution in [3.8, 4) is 0 Å². The number of rotatable bonds is 1. The van der Waals surface area contributed by atoms with Gasteiger partial charge in [0, 0.05) is 11.6 Å². The zero-order chi connectivity index (χ0) is 11.1. The van der Waals surface area contributed by atoms with Gasteiger partial charge in [-0.15, -0.1) is 0 Å². The molecule has 0 aromatic carbocycles. The van der Waals surface area contributed by atoms with Crippen LogP contribution in [0, 0.1) is 23.7 Å². The molecule has 1 N–H and O–H groups in total. The van der Waals surface area contributed by atoms with Gasteiger partial charge in [-0.3, -0.25) is 0 Å². The number of nitrogens with one attached hydrogen (secondary N) is 1. The Morgan fingerprint density at radius 3 is 3.06 bits per heavy atom. The average molecular weight is 222 g/mol. The van der Waals surface area contributed by atoms with E-state index < -0.39 is 6.09 Å². The van der Waals surface area contributed by atoms with Gasteiger partial charge in [0.25, 0.3) is 0 Å². The number of hydrogen-bond acceptors (Lipinski definition) is 3. The highest BCUT2D eigenvalue weighted by molar-refractivity contribution is 5.91. The molecular weight excluding hydrogens is 204 g/mol. The maximum atomic E-state index is 11.0. The Bertz CT molecular complexity index is 340. The van der Waals surface area contributed by atoms with Crippen LogP contribution in [0.4, 0.5) is 4.79 Å². The van der Waals surface area contributed by atoms with Crippen LogP contribution in [0.5, 0.6) is 0 Å². The van der Waals surface area contributed by atoms with E-state index in [0.29, 0.717) is 5.92 Å². The predicted octanol–water partition coefficient (Wildman–Crippen LogP) is 2.15. The van der Waals surface area contributed by atoms with Crippen molar-refractivity contribution in [3.63, 3.8) is 0 Å². The molecule has 0 aromatic heterocycles. The molecule has 16 heavy (non-hydrogen) atoms. The third-order valence-corrected chi connectivity index (χ3v) is 4.68. The smallest absolute Gasteiger partial charge is 0.427 e. The van der Waals surface area contributed by atoms with E-state index in [1.54, 1.807) is 0 Å². The van der Waals surface area contributed by atoms with Gasteiger partial charge in [-0.2, -0.15) is 5.10 Å². The first-order valence-corrected chi connectivity index (χ1v) is 6.20. The number of carbonyl (C=O) groups is 1. The number of fused-ring (bicyclic) bond motifs is 5. The lowest BCUT2D eigenvalue weighted by molar-refractivity contribution is 0.171. The van der Waals surface area contributed by atoms with Crippen molar-refractivity contribution in [2.24, 2.45) is 28.8 Å². The molecule has 0 aliphatic heterocycles. The third kappa shape index (κ3) is 1.43. The predicted molar refractivity (Wildman–Crippen MR) is 60.0 cm³/mol. The molecule has 3 aliphatic carbocycles. The number of nitrogens with zero attached hydrogens (tertiary/aromatic N) is 1. The number of ether oxygens (including phenoxy) is 1. The van der Waals surface area contributed by atoms with Crippen LogP contribution in [0.25, 0.3) is 0 Å². The number of hydrogen-bond donors (Lipinski definition) is 1. The fourth-order valence-corrected chi connectivity index (χ4v) is 4.11. The van der Waals surface area contributed by atoms with Crippen LogP contribution in [0.1, 0.15) is 32.1 Å². The molecule has 0 radical (unpaired) electrons. The molecular formula is C12H18N2O2. The molecule has 3 saturated carbocycles. The molecule has 4 heteroatoms. The molecule has 0 saturated heterocycles. The molecule has 0 heterocycles. The molecule has 1 amide bonds. The van der Waals surface area contributed by atoms with E-state index in [9.17, 15) is 4.79 Å². The first-order chi connectivity index (χ1) is 7.79. The summed E-state index contributed by atoms with van der Waals surface area (Å²) in [7, 11) is 1.36. The fourth-order valence-electron chi connectivity index (χ4n) is 4.11. The molecule has 0 aromatic rings. The Hall–Kier alpha value is -1.06. The van der Waals surface area contributed by atoms with Crippen molar-refractivity contribution in [3.05, 3.63) is 0 Å². The molecule has 4 nitrogen and oxygen atoms in total. The summed E-state index contributed by atoms with van der Waals surface area (Å²) in [6, 6.07) is 0. The number of methoxy groups -OCH3 is 1. The zero-order valence-electron chi connectivity index (χ0n) is 9.61. The molecule has 0 spiro atoms. The number of amides is 1. The van der Waals surface area contributed by atoms with Crippen LogP contribution in [0.3, 0.4) is 0 Å². The van der Waals surface area contributed by atoms with E-state index >= 15 is 0 Å². The zero-order valence-corrected chi connectivity index (χ0v) is 9.61. The molecule has 88 valence electrons. The Morgan fingerprint density at radius 1 is 1.44 bits per heavy atom. The van der Waals surface area contributed by atoms with Crippen LogP contribution in [0.2, 0.25) is 0 Å². The summed E-state index contributed by atoms with van der Waals surface area (Å²) in [5, 5.41) is 4.23. The van der Waals surface area contributed by atoms with Crippen LogP contribution >= 0.6 is 0 Å². The molecule has 2 bridgehead atoms. The van der Waals surface area contributed by atoms with E-state index in [1.165, 1.54) is 38.5 Å².